The van der Waals surface area contributed by atoms with Crippen molar-refractivity contribution < 1.29 is 4.74 Å². The van der Waals surface area contributed by atoms with Crippen LogP contribution in [-0.4, -0.2) is 6.61 Å². The summed E-state index contributed by atoms with van der Waals surface area (Å²) in [6, 6.07) is 12.1. The Bertz CT molecular complexity index is 566. The summed E-state index contributed by atoms with van der Waals surface area (Å²) < 4.78 is 5.42. The largest absolute Gasteiger partial charge is 0.494 e. The van der Waals surface area contributed by atoms with Crippen LogP contribution in [0.2, 0.25) is 0 Å². The smallest absolute Gasteiger partial charge is 0.163 e. The van der Waals surface area contributed by atoms with Gasteiger partial charge >= 0.3 is 0 Å². The predicted octanol–water partition coefficient (Wildman–Crippen LogP) is 2.71. The standard InChI is InChI=1S/C14H12N4O/c1-2-7-19-13-5-3-12(4-6-13)18-14(10-17)11(8-15)9-16/h3-6,18H,2,7H2,1H3. The molecule has 1 N–H and O–H groups in total. The van der Waals surface area contributed by atoms with Crippen molar-refractivity contribution in [1.82, 2.24) is 0 Å². The average Bonchev–Trinajstić information content (AvgIpc) is 2.46. The fraction of sp³-hybridized carbons (Fsp3) is 0.214. The predicted molar refractivity (Wildman–Crippen MR) is 69.7 cm³/mol. The number of allylic oxidation sites excluding steroid dienone is 2. The van der Waals surface area contributed by atoms with Crippen molar-refractivity contribution in [2.45, 2.75) is 13.3 Å². The third kappa shape index (κ3) is 4.07. The van der Waals surface area contributed by atoms with Crippen LogP contribution in [0.3, 0.4) is 0 Å². The van der Waals surface area contributed by atoms with Gasteiger partial charge in [-0.2, -0.15) is 15.8 Å². The van der Waals surface area contributed by atoms with Gasteiger partial charge in [-0.1, -0.05) is 6.92 Å². The zero-order valence-electron chi connectivity index (χ0n) is 10.5. The van der Waals surface area contributed by atoms with Crippen LogP contribution < -0.4 is 10.1 Å². The maximum absolute atomic E-state index is 8.89. The third-order valence-corrected chi connectivity index (χ3v) is 2.18. The van der Waals surface area contributed by atoms with E-state index in [0.29, 0.717) is 12.3 Å². The summed E-state index contributed by atoms with van der Waals surface area (Å²) in [5.41, 5.74) is 0.310. The monoisotopic (exact) mass is 252 g/mol. The molecular weight excluding hydrogens is 240 g/mol. The zero-order valence-corrected chi connectivity index (χ0v) is 10.5. The average molecular weight is 252 g/mol. The highest BCUT2D eigenvalue weighted by Crippen LogP contribution is 2.18. The summed E-state index contributed by atoms with van der Waals surface area (Å²) in [7, 11) is 0. The van der Waals surface area contributed by atoms with E-state index in [1.165, 1.54) is 0 Å². The van der Waals surface area contributed by atoms with Crippen LogP contribution in [0, 0.1) is 34.0 Å². The topological polar surface area (TPSA) is 92.6 Å². The van der Waals surface area contributed by atoms with Crippen LogP contribution in [0.25, 0.3) is 0 Å². The van der Waals surface area contributed by atoms with Gasteiger partial charge in [0.25, 0.3) is 0 Å². The molecule has 0 aliphatic heterocycles. The highest BCUT2D eigenvalue weighted by Gasteiger charge is 2.05. The Balaban J connectivity index is 2.84. The Morgan fingerprint density at radius 2 is 1.74 bits per heavy atom. The molecule has 19 heavy (non-hydrogen) atoms. The van der Waals surface area contributed by atoms with E-state index in [9.17, 15) is 0 Å². The van der Waals surface area contributed by atoms with Gasteiger partial charge in [0.1, 0.15) is 29.7 Å². The molecule has 0 atom stereocenters. The Kier molecular flexibility index (Phi) is 5.47. The first-order chi connectivity index (χ1) is 9.24. The molecule has 0 spiro atoms. The summed E-state index contributed by atoms with van der Waals surface area (Å²) in [5.74, 6) is 0.732. The van der Waals surface area contributed by atoms with Crippen molar-refractivity contribution in [3.8, 4) is 24.0 Å². The van der Waals surface area contributed by atoms with Crippen LogP contribution in [0.5, 0.6) is 5.75 Å². The molecule has 0 saturated heterocycles. The fourth-order valence-corrected chi connectivity index (χ4v) is 1.28. The molecule has 1 aromatic rings. The lowest BCUT2D eigenvalue weighted by atomic mass is 10.2. The van der Waals surface area contributed by atoms with Gasteiger partial charge in [-0.05, 0) is 30.7 Å². The molecule has 0 amide bonds. The number of rotatable bonds is 5. The second-order valence-electron chi connectivity index (χ2n) is 3.58. The third-order valence-electron chi connectivity index (χ3n) is 2.18. The Morgan fingerprint density at radius 3 is 2.21 bits per heavy atom. The summed E-state index contributed by atoms with van der Waals surface area (Å²) in [4.78, 5) is 0. The SMILES string of the molecule is CCCOc1ccc(NC(C#N)=C(C#N)C#N)cc1. The van der Waals surface area contributed by atoms with E-state index in [1.54, 1.807) is 42.5 Å². The minimum absolute atomic E-state index is 0.0628. The quantitative estimate of drug-likeness (QED) is 0.813. The molecule has 0 saturated carbocycles. The Hall–Kier alpha value is -2.97. The van der Waals surface area contributed by atoms with Crippen LogP contribution >= 0.6 is 0 Å². The lowest BCUT2D eigenvalue weighted by Crippen LogP contribution is -2.01. The van der Waals surface area contributed by atoms with Crippen LogP contribution in [0.4, 0.5) is 5.69 Å². The van der Waals surface area contributed by atoms with Gasteiger partial charge in [0.15, 0.2) is 5.57 Å². The molecule has 0 aliphatic carbocycles. The van der Waals surface area contributed by atoms with E-state index in [0.717, 1.165) is 12.2 Å². The van der Waals surface area contributed by atoms with Crippen LogP contribution in [0.1, 0.15) is 13.3 Å². The molecule has 1 rings (SSSR count). The molecule has 0 heterocycles. The Labute approximate surface area is 112 Å². The van der Waals surface area contributed by atoms with Crippen LogP contribution in [0.15, 0.2) is 35.5 Å². The number of benzene rings is 1. The molecule has 94 valence electrons. The molecule has 5 nitrogen and oxygen atoms in total. The van der Waals surface area contributed by atoms with Crippen molar-refractivity contribution in [1.29, 1.82) is 15.8 Å². The first kappa shape index (κ1) is 14.1. The first-order valence-electron chi connectivity index (χ1n) is 5.69. The second kappa shape index (κ2) is 7.37. The molecule has 1 aromatic carbocycles. The molecule has 0 aliphatic rings. The zero-order chi connectivity index (χ0) is 14.1. The highest BCUT2D eigenvalue weighted by atomic mass is 16.5. The maximum Gasteiger partial charge on any atom is 0.163 e. The number of hydrogen-bond acceptors (Lipinski definition) is 5. The molecule has 5 heteroatoms. The van der Waals surface area contributed by atoms with Crippen molar-refractivity contribution >= 4 is 5.69 Å². The maximum atomic E-state index is 8.89. The number of nitriles is 3. The van der Waals surface area contributed by atoms with E-state index in [1.807, 2.05) is 6.92 Å². The van der Waals surface area contributed by atoms with Gasteiger partial charge in [-0.15, -0.1) is 0 Å². The lowest BCUT2D eigenvalue weighted by Gasteiger charge is -2.07. The number of anilines is 1. The second-order valence-corrected chi connectivity index (χ2v) is 3.58. The highest BCUT2D eigenvalue weighted by molar-refractivity contribution is 5.58. The van der Waals surface area contributed by atoms with E-state index in [-0.39, 0.29) is 11.3 Å². The van der Waals surface area contributed by atoms with Gasteiger partial charge in [-0.3, -0.25) is 0 Å². The first-order valence-corrected chi connectivity index (χ1v) is 5.69. The number of hydrogen-bond donors (Lipinski definition) is 1. The molecule has 0 fully saturated rings. The van der Waals surface area contributed by atoms with Crippen molar-refractivity contribution in [3.63, 3.8) is 0 Å². The number of nitrogens with zero attached hydrogens (tertiary/aromatic N) is 3. The number of nitrogens with one attached hydrogen (secondary N) is 1. The lowest BCUT2D eigenvalue weighted by molar-refractivity contribution is 0.317. The van der Waals surface area contributed by atoms with E-state index >= 15 is 0 Å². The summed E-state index contributed by atoms with van der Waals surface area (Å²) >= 11 is 0. The molecule has 0 bridgehead atoms. The van der Waals surface area contributed by atoms with Crippen molar-refractivity contribution in [2.75, 3.05) is 11.9 Å². The fourth-order valence-electron chi connectivity index (χ4n) is 1.28. The summed E-state index contributed by atoms with van der Waals surface area (Å²) in [6.07, 6.45) is 0.926. The summed E-state index contributed by atoms with van der Waals surface area (Å²) in [6.45, 7) is 2.66. The molecular formula is C14H12N4O. The summed E-state index contributed by atoms with van der Waals surface area (Å²) in [5, 5.41) is 29.0. The molecule has 0 radical (unpaired) electrons. The minimum Gasteiger partial charge on any atom is -0.494 e. The normalized spacial score (nSPS) is 8.53. The number of ether oxygens (including phenoxy) is 1. The van der Waals surface area contributed by atoms with Crippen molar-refractivity contribution in [3.05, 3.63) is 35.5 Å². The van der Waals surface area contributed by atoms with Gasteiger partial charge < -0.3 is 10.1 Å². The Morgan fingerprint density at radius 1 is 1.11 bits per heavy atom. The van der Waals surface area contributed by atoms with E-state index in [4.69, 9.17) is 20.5 Å². The van der Waals surface area contributed by atoms with Gasteiger partial charge in [0, 0.05) is 5.69 Å². The minimum atomic E-state index is -0.242. The van der Waals surface area contributed by atoms with E-state index in [2.05, 4.69) is 5.32 Å². The van der Waals surface area contributed by atoms with Crippen molar-refractivity contribution in [2.24, 2.45) is 0 Å². The molecule has 0 aromatic heterocycles. The van der Waals surface area contributed by atoms with Gasteiger partial charge in [0.2, 0.25) is 0 Å². The molecule has 0 unspecified atom stereocenters. The van der Waals surface area contributed by atoms with Gasteiger partial charge in [0.05, 0.1) is 6.61 Å². The van der Waals surface area contributed by atoms with E-state index < -0.39 is 0 Å². The van der Waals surface area contributed by atoms with Gasteiger partial charge in [-0.25, -0.2) is 0 Å². The van der Waals surface area contributed by atoms with Crippen LogP contribution in [-0.2, 0) is 0 Å².